The topological polar surface area (TPSA) is 23.8 Å². The molecule has 0 atom stereocenters. The predicted octanol–water partition coefficient (Wildman–Crippen LogP) is 3.94. The van der Waals surface area contributed by atoms with Gasteiger partial charge in [-0.05, 0) is 29.1 Å². The first-order valence-corrected chi connectivity index (χ1v) is 5.30. The van der Waals surface area contributed by atoms with E-state index in [0.29, 0.717) is 10.6 Å². The first-order chi connectivity index (χ1) is 6.81. The third-order valence-corrected chi connectivity index (χ3v) is 3.13. The van der Waals surface area contributed by atoms with Crippen molar-refractivity contribution in [2.24, 2.45) is 0 Å². The molecule has 0 amide bonds. The van der Waals surface area contributed by atoms with E-state index in [1.54, 1.807) is 17.4 Å². The van der Waals surface area contributed by atoms with Gasteiger partial charge in [0.15, 0.2) is 0 Å². The Morgan fingerprint density at radius 3 is 2.71 bits per heavy atom. The fraction of sp³-hybridized carbons (Fsp3) is 0. The molecule has 14 heavy (non-hydrogen) atoms. The third-order valence-electron chi connectivity index (χ3n) is 1.90. The van der Waals surface area contributed by atoms with Crippen LogP contribution in [-0.4, -0.2) is 0 Å². The van der Waals surface area contributed by atoms with Gasteiger partial charge < -0.3 is 0 Å². The monoisotopic (exact) mass is 219 g/mol. The lowest BCUT2D eigenvalue weighted by atomic mass is 10.1. The number of rotatable bonds is 1. The quantitative estimate of drug-likeness (QED) is 0.713. The lowest BCUT2D eigenvalue weighted by Crippen LogP contribution is -1.78. The van der Waals surface area contributed by atoms with E-state index in [1.807, 2.05) is 35.7 Å². The van der Waals surface area contributed by atoms with Gasteiger partial charge in [0.1, 0.15) is 6.07 Å². The van der Waals surface area contributed by atoms with Crippen LogP contribution in [0.5, 0.6) is 0 Å². The number of nitrogens with zero attached hydrogens (tertiary/aromatic N) is 1. The summed E-state index contributed by atoms with van der Waals surface area (Å²) in [4.78, 5) is 1.16. The third kappa shape index (κ3) is 1.65. The second-order valence-electron chi connectivity index (χ2n) is 2.78. The molecule has 0 bridgehead atoms. The molecular weight excluding hydrogens is 214 g/mol. The van der Waals surface area contributed by atoms with Gasteiger partial charge in [0.2, 0.25) is 0 Å². The number of hydrogen-bond acceptors (Lipinski definition) is 2. The molecule has 2 aromatic rings. The van der Waals surface area contributed by atoms with Gasteiger partial charge in [-0.2, -0.15) is 5.26 Å². The molecule has 0 unspecified atom stereocenters. The van der Waals surface area contributed by atoms with E-state index in [2.05, 4.69) is 0 Å². The van der Waals surface area contributed by atoms with E-state index in [-0.39, 0.29) is 0 Å². The summed E-state index contributed by atoms with van der Waals surface area (Å²) in [5.41, 5.74) is 1.58. The molecular formula is C11H6ClNS. The van der Waals surface area contributed by atoms with Crippen molar-refractivity contribution in [3.8, 4) is 16.5 Å². The van der Waals surface area contributed by atoms with Gasteiger partial charge >= 0.3 is 0 Å². The van der Waals surface area contributed by atoms with Crippen molar-refractivity contribution in [3.63, 3.8) is 0 Å². The highest BCUT2D eigenvalue weighted by atomic mass is 35.5. The molecule has 0 aliphatic carbocycles. The van der Waals surface area contributed by atoms with Crippen molar-refractivity contribution in [2.45, 2.75) is 0 Å². The van der Waals surface area contributed by atoms with Crippen molar-refractivity contribution in [2.75, 3.05) is 0 Å². The molecule has 2 rings (SSSR count). The predicted molar refractivity (Wildman–Crippen MR) is 59.5 cm³/mol. The maximum Gasteiger partial charge on any atom is 0.101 e. The van der Waals surface area contributed by atoms with E-state index < -0.39 is 0 Å². The second kappa shape index (κ2) is 3.83. The largest absolute Gasteiger partial charge is 0.192 e. The Morgan fingerprint density at radius 1 is 1.29 bits per heavy atom. The Kier molecular flexibility index (Phi) is 2.53. The van der Waals surface area contributed by atoms with Crippen LogP contribution in [-0.2, 0) is 0 Å². The van der Waals surface area contributed by atoms with Crippen LogP contribution in [0.1, 0.15) is 5.56 Å². The van der Waals surface area contributed by atoms with E-state index in [0.717, 1.165) is 10.4 Å². The summed E-state index contributed by atoms with van der Waals surface area (Å²) in [6, 6.07) is 11.5. The van der Waals surface area contributed by atoms with E-state index in [9.17, 15) is 0 Å². The Bertz CT molecular complexity index is 482. The number of halogens is 1. The minimum absolute atomic E-state index is 0.512. The summed E-state index contributed by atoms with van der Waals surface area (Å²) >= 11 is 7.59. The van der Waals surface area contributed by atoms with Crippen LogP contribution >= 0.6 is 22.9 Å². The Labute approximate surface area is 91.2 Å². The lowest BCUT2D eigenvalue weighted by Gasteiger charge is -1.99. The Morgan fingerprint density at radius 2 is 2.14 bits per heavy atom. The smallest absolute Gasteiger partial charge is 0.101 e. The highest BCUT2D eigenvalue weighted by Gasteiger charge is 2.03. The van der Waals surface area contributed by atoms with Crippen LogP contribution in [0, 0.1) is 11.3 Å². The molecule has 0 spiro atoms. The van der Waals surface area contributed by atoms with E-state index in [4.69, 9.17) is 16.9 Å². The number of nitriles is 1. The van der Waals surface area contributed by atoms with Crippen LogP contribution in [0.3, 0.4) is 0 Å². The molecule has 0 aliphatic rings. The molecule has 0 saturated heterocycles. The standard InChI is InChI=1S/C11H6ClNS/c12-10-6-8(3-4-9(10)7-13)11-2-1-5-14-11/h1-6H. The minimum atomic E-state index is 0.512. The first-order valence-electron chi connectivity index (χ1n) is 4.05. The number of hydrogen-bond donors (Lipinski definition) is 0. The number of benzene rings is 1. The van der Waals surface area contributed by atoms with E-state index >= 15 is 0 Å². The summed E-state index contributed by atoms with van der Waals surface area (Å²) in [6.07, 6.45) is 0. The van der Waals surface area contributed by atoms with Gasteiger partial charge in [-0.3, -0.25) is 0 Å². The van der Waals surface area contributed by atoms with Crippen molar-refractivity contribution in [1.82, 2.24) is 0 Å². The molecule has 0 aliphatic heterocycles. The van der Waals surface area contributed by atoms with Gasteiger partial charge in [-0.1, -0.05) is 23.7 Å². The van der Waals surface area contributed by atoms with Gasteiger partial charge in [0.25, 0.3) is 0 Å². The molecule has 1 aromatic heterocycles. The first kappa shape index (κ1) is 9.26. The van der Waals surface area contributed by atoms with Crippen LogP contribution in [0.25, 0.3) is 10.4 Å². The molecule has 68 valence electrons. The molecule has 1 nitrogen and oxygen atoms in total. The molecule has 3 heteroatoms. The van der Waals surface area contributed by atoms with Gasteiger partial charge in [0.05, 0.1) is 10.6 Å². The highest BCUT2D eigenvalue weighted by molar-refractivity contribution is 7.13. The lowest BCUT2D eigenvalue weighted by molar-refractivity contribution is 1.49. The van der Waals surface area contributed by atoms with Crippen molar-refractivity contribution < 1.29 is 0 Å². The molecule has 0 fully saturated rings. The minimum Gasteiger partial charge on any atom is -0.192 e. The Balaban J connectivity index is 2.49. The molecule has 1 aromatic carbocycles. The SMILES string of the molecule is N#Cc1ccc(-c2cccs2)cc1Cl. The van der Waals surface area contributed by atoms with Crippen molar-refractivity contribution in [3.05, 3.63) is 46.3 Å². The van der Waals surface area contributed by atoms with Crippen molar-refractivity contribution in [1.29, 1.82) is 5.26 Å². The second-order valence-corrected chi connectivity index (χ2v) is 4.14. The van der Waals surface area contributed by atoms with Gasteiger partial charge in [-0.25, -0.2) is 0 Å². The zero-order valence-corrected chi connectivity index (χ0v) is 8.77. The fourth-order valence-corrected chi connectivity index (χ4v) is 2.15. The maximum absolute atomic E-state index is 8.71. The molecule has 1 heterocycles. The average Bonchev–Trinajstić information content (AvgIpc) is 2.70. The van der Waals surface area contributed by atoms with Crippen molar-refractivity contribution >= 4 is 22.9 Å². The maximum atomic E-state index is 8.71. The van der Waals surface area contributed by atoms with Gasteiger partial charge in [0, 0.05) is 4.88 Å². The zero-order chi connectivity index (χ0) is 9.97. The summed E-state index contributed by atoms with van der Waals surface area (Å²) in [6.45, 7) is 0. The summed E-state index contributed by atoms with van der Waals surface area (Å²) in [5.74, 6) is 0. The molecule has 0 saturated carbocycles. The average molecular weight is 220 g/mol. The van der Waals surface area contributed by atoms with Crippen LogP contribution in [0.2, 0.25) is 5.02 Å². The zero-order valence-electron chi connectivity index (χ0n) is 7.20. The van der Waals surface area contributed by atoms with Crippen LogP contribution in [0.4, 0.5) is 0 Å². The van der Waals surface area contributed by atoms with Crippen LogP contribution < -0.4 is 0 Å². The Hall–Kier alpha value is -1.30. The number of thiophene rings is 1. The van der Waals surface area contributed by atoms with Gasteiger partial charge in [-0.15, -0.1) is 11.3 Å². The fourth-order valence-electron chi connectivity index (χ4n) is 1.20. The molecule has 0 radical (unpaired) electrons. The highest BCUT2D eigenvalue weighted by Crippen LogP contribution is 2.28. The summed E-state index contributed by atoms with van der Waals surface area (Å²) < 4.78 is 0. The van der Waals surface area contributed by atoms with Crippen LogP contribution in [0.15, 0.2) is 35.7 Å². The normalized spacial score (nSPS) is 9.71. The summed E-state index contributed by atoms with van der Waals surface area (Å²) in [7, 11) is 0. The molecule has 0 N–H and O–H groups in total. The van der Waals surface area contributed by atoms with E-state index in [1.165, 1.54) is 0 Å². The summed E-state index contributed by atoms with van der Waals surface area (Å²) in [5, 5.41) is 11.2.